The number of hydrogen-bond acceptors (Lipinski definition) is 7. The molecule has 3 aromatic heterocycles. The number of hydrazine groups is 2. The Morgan fingerprint density at radius 1 is 0.654 bits per heavy atom. The number of anilines is 2. The molecule has 4 N–H and O–H groups in total. The Morgan fingerprint density at radius 2 is 1.15 bits per heavy atom. The highest BCUT2D eigenvalue weighted by atomic mass is 16.2. The Morgan fingerprint density at radius 3 is 1.58 bits per heavy atom. The van der Waals surface area contributed by atoms with E-state index in [1.165, 1.54) is 12.1 Å². The fourth-order valence-corrected chi connectivity index (χ4v) is 1.93. The first kappa shape index (κ1) is 16.8. The Labute approximate surface area is 148 Å². The summed E-state index contributed by atoms with van der Waals surface area (Å²) in [6, 6.07) is 15.0. The minimum Gasteiger partial charge on any atom is -0.282 e. The number of pyridine rings is 3. The van der Waals surface area contributed by atoms with Crippen LogP contribution in [0.2, 0.25) is 0 Å². The summed E-state index contributed by atoms with van der Waals surface area (Å²) in [7, 11) is 0. The van der Waals surface area contributed by atoms with Gasteiger partial charge in [-0.25, -0.2) is 15.0 Å². The molecule has 3 aromatic rings. The lowest BCUT2D eigenvalue weighted by atomic mass is 10.3. The number of carbonyl (C=O) groups is 2. The molecule has 0 aliphatic rings. The van der Waals surface area contributed by atoms with Gasteiger partial charge in [0.15, 0.2) is 0 Å². The third kappa shape index (κ3) is 4.51. The quantitative estimate of drug-likeness (QED) is 0.496. The molecule has 0 fully saturated rings. The van der Waals surface area contributed by atoms with Crippen molar-refractivity contribution in [2.75, 3.05) is 10.9 Å². The average Bonchev–Trinajstić information content (AvgIpc) is 2.72. The summed E-state index contributed by atoms with van der Waals surface area (Å²) in [5.41, 5.74) is 10.4. The second-order valence-corrected chi connectivity index (χ2v) is 5.00. The second-order valence-electron chi connectivity index (χ2n) is 5.00. The van der Waals surface area contributed by atoms with Gasteiger partial charge in [0.25, 0.3) is 11.8 Å². The van der Waals surface area contributed by atoms with Crippen LogP contribution in [-0.2, 0) is 0 Å². The van der Waals surface area contributed by atoms with Crippen molar-refractivity contribution in [3.8, 4) is 0 Å². The zero-order valence-electron chi connectivity index (χ0n) is 13.5. The average molecular weight is 349 g/mol. The van der Waals surface area contributed by atoms with E-state index in [4.69, 9.17) is 0 Å². The third-order valence-corrected chi connectivity index (χ3v) is 3.15. The van der Waals surface area contributed by atoms with Crippen molar-refractivity contribution in [1.82, 2.24) is 25.8 Å². The summed E-state index contributed by atoms with van der Waals surface area (Å²) in [6.07, 6.45) is 3.18. The van der Waals surface area contributed by atoms with E-state index in [0.717, 1.165) is 0 Å². The maximum atomic E-state index is 12.2. The molecule has 9 heteroatoms. The van der Waals surface area contributed by atoms with Crippen LogP contribution in [0.1, 0.15) is 21.0 Å². The van der Waals surface area contributed by atoms with Gasteiger partial charge in [-0.1, -0.05) is 18.2 Å². The van der Waals surface area contributed by atoms with E-state index in [0.29, 0.717) is 11.6 Å². The summed E-state index contributed by atoms with van der Waals surface area (Å²) >= 11 is 0. The van der Waals surface area contributed by atoms with Gasteiger partial charge in [0.2, 0.25) is 0 Å². The predicted octanol–water partition coefficient (Wildman–Crippen LogP) is 1.39. The molecule has 0 radical (unpaired) electrons. The molecule has 0 saturated carbocycles. The van der Waals surface area contributed by atoms with Crippen LogP contribution in [0.15, 0.2) is 67.0 Å². The van der Waals surface area contributed by atoms with Gasteiger partial charge in [-0.2, -0.15) is 0 Å². The highest BCUT2D eigenvalue weighted by Gasteiger charge is 2.12. The minimum absolute atomic E-state index is 0.0823. The molecular weight excluding hydrogens is 334 g/mol. The van der Waals surface area contributed by atoms with E-state index in [-0.39, 0.29) is 11.4 Å². The minimum atomic E-state index is -0.497. The Kier molecular flexibility index (Phi) is 5.31. The lowest BCUT2D eigenvalue weighted by Crippen LogP contribution is -2.33. The van der Waals surface area contributed by atoms with Crippen LogP contribution in [0.5, 0.6) is 0 Å². The highest BCUT2D eigenvalue weighted by molar-refractivity contribution is 5.96. The van der Waals surface area contributed by atoms with Gasteiger partial charge in [0.1, 0.15) is 23.0 Å². The van der Waals surface area contributed by atoms with Gasteiger partial charge in [-0.05, 0) is 36.4 Å². The van der Waals surface area contributed by atoms with Crippen molar-refractivity contribution in [3.63, 3.8) is 0 Å². The molecule has 26 heavy (non-hydrogen) atoms. The number of carbonyl (C=O) groups excluding carboxylic acids is 2. The molecule has 0 spiro atoms. The molecule has 130 valence electrons. The van der Waals surface area contributed by atoms with E-state index in [2.05, 4.69) is 36.7 Å². The monoisotopic (exact) mass is 349 g/mol. The van der Waals surface area contributed by atoms with Gasteiger partial charge in [-0.15, -0.1) is 0 Å². The van der Waals surface area contributed by atoms with Crippen molar-refractivity contribution in [2.24, 2.45) is 0 Å². The van der Waals surface area contributed by atoms with Crippen molar-refractivity contribution in [3.05, 3.63) is 78.4 Å². The molecule has 0 unspecified atom stereocenters. The number of nitrogens with one attached hydrogen (secondary N) is 4. The fourth-order valence-electron chi connectivity index (χ4n) is 1.93. The summed E-state index contributed by atoms with van der Waals surface area (Å²) in [4.78, 5) is 36.4. The lowest BCUT2D eigenvalue weighted by Gasteiger charge is -2.09. The van der Waals surface area contributed by atoms with Crippen molar-refractivity contribution in [2.45, 2.75) is 0 Å². The van der Waals surface area contributed by atoms with Crippen molar-refractivity contribution in [1.29, 1.82) is 0 Å². The highest BCUT2D eigenvalue weighted by Crippen LogP contribution is 2.02. The molecule has 0 aliphatic heterocycles. The largest absolute Gasteiger partial charge is 0.288 e. The topological polar surface area (TPSA) is 121 Å². The number of amides is 2. The van der Waals surface area contributed by atoms with Crippen LogP contribution in [-0.4, -0.2) is 26.8 Å². The van der Waals surface area contributed by atoms with Crippen LogP contribution in [0.25, 0.3) is 0 Å². The Bertz CT molecular complexity index is 817. The first-order valence-electron chi connectivity index (χ1n) is 7.64. The van der Waals surface area contributed by atoms with Crippen molar-refractivity contribution >= 4 is 23.5 Å². The van der Waals surface area contributed by atoms with Gasteiger partial charge in [0, 0.05) is 12.4 Å². The van der Waals surface area contributed by atoms with Gasteiger partial charge >= 0.3 is 0 Å². The lowest BCUT2D eigenvalue weighted by molar-refractivity contribution is 0.0953. The SMILES string of the molecule is O=C(NNc1ccccn1)c1cccc(C(=O)NNc2ccccn2)n1. The summed E-state index contributed by atoms with van der Waals surface area (Å²) < 4.78 is 0. The summed E-state index contributed by atoms with van der Waals surface area (Å²) in [5.74, 6) is -0.0328. The van der Waals surface area contributed by atoms with Gasteiger partial charge < -0.3 is 0 Å². The van der Waals surface area contributed by atoms with Crippen LogP contribution < -0.4 is 21.7 Å². The number of nitrogens with zero attached hydrogens (tertiary/aromatic N) is 3. The molecule has 3 rings (SSSR count). The van der Waals surface area contributed by atoms with E-state index >= 15 is 0 Å². The molecule has 2 amide bonds. The fraction of sp³-hybridized carbons (Fsp3) is 0. The Balaban J connectivity index is 1.60. The van der Waals surface area contributed by atoms with Crippen LogP contribution >= 0.6 is 0 Å². The number of rotatable bonds is 6. The van der Waals surface area contributed by atoms with Crippen LogP contribution in [0.3, 0.4) is 0 Å². The summed E-state index contributed by atoms with van der Waals surface area (Å²) in [5, 5.41) is 0. The smallest absolute Gasteiger partial charge is 0.282 e. The molecule has 0 aromatic carbocycles. The molecule has 0 bridgehead atoms. The molecule has 0 atom stereocenters. The number of hydrogen-bond donors (Lipinski definition) is 4. The molecule has 3 heterocycles. The molecule has 0 aliphatic carbocycles. The predicted molar refractivity (Wildman–Crippen MR) is 94.9 cm³/mol. The maximum absolute atomic E-state index is 12.2. The van der Waals surface area contributed by atoms with E-state index in [1.807, 2.05) is 0 Å². The first-order valence-corrected chi connectivity index (χ1v) is 7.64. The first-order chi connectivity index (χ1) is 12.7. The van der Waals surface area contributed by atoms with Crippen molar-refractivity contribution < 1.29 is 9.59 Å². The zero-order chi connectivity index (χ0) is 18.2. The van der Waals surface area contributed by atoms with E-state index < -0.39 is 11.8 Å². The van der Waals surface area contributed by atoms with E-state index in [9.17, 15) is 9.59 Å². The molecule has 9 nitrogen and oxygen atoms in total. The normalized spacial score (nSPS) is 9.85. The number of aromatic nitrogens is 3. The maximum Gasteiger partial charge on any atom is 0.288 e. The standard InChI is InChI=1S/C17H15N7O2/c25-16(23-21-14-8-1-3-10-18-14)12-6-5-7-13(20-12)17(26)24-22-15-9-2-4-11-19-15/h1-11H,(H,18,21)(H,19,22)(H,23,25)(H,24,26). The second kappa shape index (κ2) is 8.20. The van der Waals surface area contributed by atoms with E-state index in [1.54, 1.807) is 54.9 Å². The van der Waals surface area contributed by atoms with Gasteiger partial charge in [0.05, 0.1) is 0 Å². The molecular formula is C17H15N7O2. The Hall–Kier alpha value is -4.01. The third-order valence-electron chi connectivity index (χ3n) is 3.15. The van der Waals surface area contributed by atoms with Gasteiger partial charge in [-0.3, -0.25) is 31.3 Å². The molecule has 0 saturated heterocycles. The van der Waals surface area contributed by atoms with Crippen LogP contribution in [0, 0.1) is 0 Å². The summed E-state index contributed by atoms with van der Waals surface area (Å²) in [6.45, 7) is 0. The van der Waals surface area contributed by atoms with Crippen LogP contribution in [0.4, 0.5) is 11.6 Å². The zero-order valence-corrected chi connectivity index (χ0v) is 13.5.